The van der Waals surface area contributed by atoms with Crippen LogP contribution >= 0.6 is 0 Å². The smallest absolute Gasteiger partial charge is 0.276 e. The number of rotatable bonds is 8. The molecule has 6 heteroatoms. The number of carbonyl (C=O) groups is 1. The van der Waals surface area contributed by atoms with Gasteiger partial charge in [-0.3, -0.25) is 9.59 Å². The standard InChI is InChI=1S/C19H26N4O2/c1-4-7-14-23-18(24)13-12-17(21-23)19(25)20-15-8-10-16(11-9-15)22(5-2)6-3/h8-13H,4-7,14H2,1-3H3,(H,20,25). The first-order valence-corrected chi connectivity index (χ1v) is 8.83. The summed E-state index contributed by atoms with van der Waals surface area (Å²) in [7, 11) is 0. The fourth-order valence-corrected chi connectivity index (χ4v) is 2.58. The van der Waals surface area contributed by atoms with Crippen LogP contribution in [0, 0.1) is 0 Å². The Morgan fingerprint density at radius 3 is 2.36 bits per heavy atom. The van der Waals surface area contributed by atoms with E-state index in [1.165, 1.54) is 16.8 Å². The molecule has 2 rings (SSSR count). The first kappa shape index (κ1) is 18.7. The lowest BCUT2D eigenvalue weighted by atomic mass is 10.2. The van der Waals surface area contributed by atoms with Crippen LogP contribution in [0.4, 0.5) is 11.4 Å². The second-order valence-corrected chi connectivity index (χ2v) is 5.81. The predicted octanol–water partition coefficient (Wildman–Crippen LogP) is 3.14. The van der Waals surface area contributed by atoms with Gasteiger partial charge >= 0.3 is 0 Å². The second kappa shape index (κ2) is 9.01. The van der Waals surface area contributed by atoms with Crippen molar-refractivity contribution in [1.82, 2.24) is 9.78 Å². The Morgan fingerprint density at radius 2 is 1.76 bits per heavy atom. The van der Waals surface area contributed by atoms with Crippen LogP contribution in [0.2, 0.25) is 0 Å². The predicted molar refractivity (Wildman–Crippen MR) is 101 cm³/mol. The Balaban J connectivity index is 2.10. The molecule has 0 bridgehead atoms. The third-order valence-corrected chi connectivity index (χ3v) is 4.08. The molecule has 1 amide bonds. The van der Waals surface area contributed by atoms with Crippen molar-refractivity contribution in [3.8, 4) is 0 Å². The third-order valence-electron chi connectivity index (χ3n) is 4.08. The zero-order valence-corrected chi connectivity index (χ0v) is 15.2. The summed E-state index contributed by atoms with van der Waals surface area (Å²) < 4.78 is 1.35. The van der Waals surface area contributed by atoms with E-state index in [0.717, 1.165) is 31.6 Å². The molecule has 0 saturated carbocycles. The van der Waals surface area contributed by atoms with Gasteiger partial charge in [0.15, 0.2) is 0 Å². The lowest BCUT2D eigenvalue weighted by molar-refractivity contribution is 0.101. The molecular weight excluding hydrogens is 316 g/mol. The first-order valence-electron chi connectivity index (χ1n) is 8.83. The van der Waals surface area contributed by atoms with Crippen molar-refractivity contribution in [1.29, 1.82) is 0 Å². The summed E-state index contributed by atoms with van der Waals surface area (Å²) in [5.41, 5.74) is 1.88. The molecule has 25 heavy (non-hydrogen) atoms. The van der Waals surface area contributed by atoms with Gasteiger partial charge in [0, 0.05) is 37.1 Å². The number of amides is 1. The molecule has 1 aromatic heterocycles. The van der Waals surface area contributed by atoms with Gasteiger partial charge in [-0.1, -0.05) is 13.3 Å². The SMILES string of the molecule is CCCCn1nc(C(=O)Nc2ccc(N(CC)CC)cc2)ccc1=O. The molecule has 0 fully saturated rings. The molecule has 1 heterocycles. The zero-order chi connectivity index (χ0) is 18.2. The lowest BCUT2D eigenvalue weighted by Crippen LogP contribution is -2.26. The summed E-state index contributed by atoms with van der Waals surface area (Å²) in [5.74, 6) is -0.319. The molecule has 0 aliphatic carbocycles. The summed E-state index contributed by atoms with van der Waals surface area (Å²) in [5, 5.41) is 6.99. The summed E-state index contributed by atoms with van der Waals surface area (Å²) >= 11 is 0. The highest BCUT2D eigenvalue weighted by atomic mass is 16.2. The number of unbranched alkanes of at least 4 members (excludes halogenated alkanes) is 1. The van der Waals surface area contributed by atoms with E-state index in [1.54, 1.807) is 0 Å². The van der Waals surface area contributed by atoms with Crippen LogP contribution in [-0.2, 0) is 6.54 Å². The van der Waals surface area contributed by atoms with E-state index < -0.39 is 0 Å². The third kappa shape index (κ3) is 4.92. The Labute approximate surface area is 148 Å². The van der Waals surface area contributed by atoms with Crippen molar-refractivity contribution in [2.75, 3.05) is 23.3 Å². The van der Waals surface area contributed by atoms with Crippen LogP contribution in [0.25, 0.3) is 0 Å². The average molecular weight is 342 g/mol. The van der Waals surface area contributed by atoms with Crippen LogP contribution in [0.15, 0.2) is 41.2 Å². The van der Waals surface area contributed by atoms with Crippen molar-refractivity contribution in [2.45, 2.75) is 40.2 Å². The highest BCUT2D eigenvalue weighted by Gasteiger charge is 2.10. The summed E-state index contributed by atoms with van der Waals surface area (Å²) in [6.07, 6.45) is 1.81. The van der Waals surface area contributed by atoms with Crippen LogP contribution in [0.1, 0.15) is 44.1 Å². The molecule has 0 aliphatic rings. The molecule has 0 unspecified atom stereocenters. The number of hydrogen-bond acceptors (Lipinski definition) is 4. The Bertz CT molecular complexity index is 749. The van der Waals surface area contributed by atoms with E-state index in [1.807, 2.05) is 31.2 Å². The highest BCUT2D eigenvalue weighted by Crippen LogP contribution is 2.18. The Kier molecular flexibility index (Phi) is 6.74. The van der Waals surface area contributed by atoms with E-state index >= 15 is 0 Å². The summed E-state index contributed by atoms with van der Waals surface area (Å²) in [6.45, 7) is 8.66. The van der Waals surface area contributed by atoms with Gasteiger partial charge < -0.3 is 10.2 Å². The maximum atomic E-state index is 12.4. The monoisotopic (exact) mass is 342 g/mol. The van der Waals surface area contributed by atoms with Crippen molar-refractivity contribution < 1.29 is 4.79 Å². The molecule has 0 aliphatic heterocycles. The molecule has 0 atom stereocenters. The minimum Gasteiger partial charge on any atom is -0.372 e. The van der Waals surface area contributed by atoms with Crippen molar-refractivity contribution in [2.24, 2.45) is 0 Å². The van der Waals surface area contributed by atoms with Crippen LogP contribution in [0.5, 0.6) is 0 Å². The van der Waals surface area contributed by atoms with E-state index in [-0.39, 0.29) is 17.2 Å². The Hall–Kier alpha value is -2.63. The summed E-state index contributed by atoms with van der Waals surface area (Å²) in [4.78, 5) is 26.4. The maximum absolute atomic E-state index is 12.4. The van der Waals surface area contributed by atoms with E-state index in [2.05, 4.69) is 29.2 Å². The molecule has 0 radical (unpaired) electrons. The molecular formula is C19H26N4O2. The van der Waals surface area contributed by atoms with Crippen LogP contribution in [0.3, 0.4) is 0 Å². The van der Waals surface area contributed by atoms with Crippen molar-refractivity contribution in [3.63, 3.8) is 0 Å². The lowest BCUT2D eigenvalue weighted by Gasteiger charge is -2.21. The number of carbonyl (C=O) groups excluding carboxylic acids is 1. The highest BCUT2D eigenvalue weighted by molar-refractivity contribution is 6.02. The van der Waals surface area contributed by atoms with Gasteiger partial charge in [-0.05, 0) is 50.6 Å². The van der Waals surface area contributed by atoms with Crippen LogP contribution in [-0.4, -0.2) is 28.8 Å². The maximum Gasteiger partial charge on any atom is 0.276 e. The van der Waals surface area contributed by atoms with Gasteiger partial charge in [0.1, 0.15) is 5.69 Å². The van der Waals surface area contributed by atoms with Crippen LogP contribution < -0.4 is 15.8 Å². The second-order valence-electron chi connectivity index (χ2n) is 5.81. The van der Waals surface area contributed by atoms with Gasteiger partial charge in [0.25, 0.3) is 11.5 Å². The number of benzene rings is 1. The zero-order valence-electron chi connectivity index (χ0n) is 15.2. The first-order chi connectivity index (χ1) is 12.1. The molecule has 134 valence electrons. The Morgan fingerprint density at radius 1 is 1.08 bits per heavy atom. The topological polar surface area (TPSA) is 67.2 Å². The van der Waals surface area contributed by atoms with E-state index in [4.69, 9.17) is 0 Å². The van der Waals surface area contributed by atoms with Gasteiger partial charge in [-0.25, -0.2) is 4.68 Å². The fourth-order valence-electron chi connectivity index (χ4n) is 2.58. The number of hydrogen-bond donors (Lipinski definition) is 1. The number of nitrogens with zero attached hydrogens (tertiary/aromatic N) is 3. The molecule has 0 saturated heterocycles. The van der Waals surface area contributed by atoms with Crippen molar-refractivity contribution >= 4 is 17.3 Å². The average Bonchev–Trinajstić information content (AvgIpc) is 2.63. The minimum absolute atomic E-state index is 0.187. The van der Waals surface area contributed by atoms with Gasteiger partial charge in [-0.2, -0.15) is 5.10 Å². The van der Waals surface area contributed by atoms with Gasteiger partial charge in [-0.15, -0.1) is 0 Å². The fraction of sp³-hybridized carbons (Fsp3) is 0.421. The number of anilines is 2. The van der Waals surface area contributed by atoms with E-state index in [0.29, 0.717) is 12.2 Å². The number of aromatic nitrogens is 2. The summed E-state index contributed by atoms with van der Waals surface area (Å²) in [6, 6.07) is 10.6. The minimum atomic E-state index is -0.319. The van der Waals surface area contributed by atoms with Gasteiger partial charge in [0.2, 0.25) is 0 Å². The number of aryl methyl sites for hydroxylation is 1. The quantitative estimate of drug-likeness (QED) is 0.800. The molecule has 2 aromatic rings. The van der Waals surface area contributed by atoms with Gasteiger partial charge in [0.05, 0.1) is 0 Å². The largest absolute Gasteiger partial charge is 0.372 e. The number of nitrogens with one attached hydrogen (secondary N) is 1. The molecule has 1 aromatic carbocycles. The molecule has 6 nitrogen and oxygen atoms in total. The van der Waals surface area contributed by atoms with Crippen molar-refractivity contribution in [3.05, 3.63) is 52.4 Å². The van der Waals surface area contributed by atoms with E-state index in [9.17, 15) is 9.59 Å². The normalized spacial score (nSPS) is 10.5. The molecule has 0 spiro atoms. The molecule has 1 N–H and O–H groups in total.